The molecule has 2 heteroatoms. The van der Waals surface area contributed by atoms with Crippen molar-refractivity contribution in [3.05, 3.63) is 34.3 Å². The Morgan fingerprint density at radius 1 is 1.24 bits per heavy atom. The van der Waals surface area contributed by atoms with Crippen LogP contribution < -0.4 is 5.32 Å². The van der Waals surface area contributed by atoms with Gasteiger partial charge in [0.25, 0.3) is 0 Å². The molecule has 0 amide bonds. The molecule has 0 fully saturated rings. The van der Waals surface area contributed by atoms with E-state index in [-0.39, 0.29) is 0 Å². The van der Waals surface area contributed by atoms with Crippen LogP contribution in [0.15, 0.2) is 28.7 Å². The van der Waals surface area contributed by atoms with Gasteiger partial charge in [-0.3, -0.25) is 0 Å². The van der Waals surface area contributed by atoms with E-state index >= 15 is 0 Å². The van der Waals surface area contributed by atoms with Crippen LogP contribution in [0.1, 0.15) is 38.7 Å². The van der Waals surface area contributed by atoms with Gasteiger partial charge in [-0.05, 0) is 43.5 Å². The molecule has 0 aromatic heterocycles. The summed E-state index contributed by atoms with van der Waals surface area (Å²) in [5.41, 5.74) is 1.41. The van der Waals surface area contributed by atoms with Crippen molar-refractivity contribution in [2.45, 2.75) is 45.6 Å². The Bertz CT molecular complexity index is 322. The van der Waals surface area contributed by atoms with Gasteiger partial charge in [0.2, 0.25) is 0 Å². The average Bonchev–Trinajstić information content (AvgIpc) is 2.27. The molecule has 1 aromatic rings. The van der Waals surface area contributed by atoms with E-state index in [0.29, 0.717) is 6.04 Å². The summed E-state index contributed by atoms with van der Waals surface area (Å²) < 4.78 is 1.17. The first kappa shape index (κ1) is 14.7. The molecule has 1 atom stereocenters. The fraction of sp³-hybridized carbons (Fsp3) is 0.600. The maximum Gasteiger partial charge on any atom is 0.0178 e. The second kappa shape index (κ2) is 7.88. The van der Waals surface area contributed by atoms with Crippen molar-refractivity contribution in [3.8, 4) is 0 Å². The van der Waals surface area contributed by atoms with Crippen molar-refractivity contribution in [2.75, 3.05) is 7.05 Å². The third-order valence-corrected chi connectivity index (χ3v) is 3.61. The highest BCUT2D eigenvalue weighted by molar-refractivity contribution is 9.10. The van der Waals surface area contributed by atoms with Crippen LogP contribution in [0.25, 0.3) is 0 Å². The number of halogens is 1. The Balaban J connectivity index is 2.41. The maximum absolute atomic E-state index is 3.53. The Morgan fingerprint density at radius 2 is 2.00 bits per heavy atom. The zero-order valence-corrected chi connectivity index (χ0v) is 12.8. The van der Waals surface area contributed by atoms with E-state index in [1.54, 1.807) is 0 Å². The Hall–Kier alpha value is -0.340. The van der Waals surface area contributed by atoms with E-state index in [2.05, 4.69) is 66.4 Å². The molecule has 96 valence electrons. The van der Waals surface area contributed by atoms with Gasteiger partial charge in [-0.15, -0.1) is 0 Å². The van der Waals surface area contributed by atoms with Gasteiger partial charge in [-0.25, -0.2) is 0 Å². The third kappa shape index (κ3) is 6.23. The van der Waals surface area contributed by atoms with E-state index in [1.807, 2.05) is 0 Å². The Kier molecular flexibility index (Phi) is 6.83. The molecule has 1 aromatic carbocycles. The van der Waals surface area contributed by atoms with Gasteiger partial charge in [0, 0.05) is 10.5 Å². The van der Waals surface area contributed by atoms with E-state index < -0.39 is 0 Å². The lowest BCUT2D eigenvalue weighted by molar-refractivity contribution is 0.457. The second-order valence-electron chi connectivity index (χ2n) is 5.14. The van der Waals surface area contributed by atoms with Crippen molar-refractivity contribution in [1.29, 1.82) is 0 Å². The number of benzene rings is 1. The summed E-state index contributed by atoms with van der Waals surface area (Å²) in [7, 11) is 2.07. The fourth-order valence-electron chi connectivity index (χ4n) is 2.07. The van der Waals surface area contributed by atoms with Crippen LogP contribution in [0, 0.1) is 5.92 Å². The standard InChI is InChI=1S/C15H24BrN/c1-12(2)6-4-9-15(17-3)11-13-7-5-8-14(16)10-13/h5,7-8,10,12,15,17H,4,6,9,11H2,1-3H3. The number of rotatable bonds is 7. The molecule has 0 saturated heterocycles. The van der Waals surface area contributed by atoms with Crippen molar-refractivity contribution >= 4 is 15.9 Å². The third-order valence-electron chi connectivity index (χ3n) is 3.11. The van der Waals surface area contributed by atoms with Crippen molar-refractivity contribution < 1.29 is 0 Å². The first-order valence-electron chi connectivity index (χ1n) is 6.53. The van der Waals surface area contributed by atoms with Gasteiger partial charge < -0.3 is 5.32 Å². The molecule has 17 heavy (non-hydrogen) atoms. The zero-order valence-electron chi connectivity index (χ0n) is 11.2. The molecule has 1 nitrogen and oxygen atoms in total. The molecule has 0 bridgehead atoms. The lowest BCUT2D eigenvalue weighted by Crippen LogP contribution is -2.27. The number of nitrogens with one attached hydrogen (secondary N) is 1. The molecule has 0 aliphatic carbocycles. The fourth-order valence-corrected chi connectivity index (χ4v) is 2.52. The molecule has 0 radical (unpaired) electrons. The predicted octanol–water partition coefficient (Wildman–Crippen LogP) is 4.41. The van der Waals surface area contributed by atoms with Crippen molar-refractivity contribution in [2.24, 2.45) is 5.92 Å². The number of hydrogen-bond donors (Lipinski definition) is 1. The molecule has 0 aliphatic heterocycles. The van der Waals surface area contributed by atoms with Crippen molar-refractivity contribution in [1.82, 2.24) is 5.32 Å². The first-order valence-corrected chi connectivity index (χ1v) is 7.33. The van der Waals surface area contributed by atoms with Gasteiger partial charge in [0.05, 0.1) is 0 Å². The van der Waals surface area contributed by atoms with Crippen LogP contribution in [0.3, 0.4) is 0 Å². The van der Waals surface area contributed by atoms with Crippen LogP contribution in [0.4, 0.5) is 0 Å². The number of hydrogen-bond acceptors (Lipinski definition) is 1. The summed E-state index contributed by atoms with van der Waals surface area (Å²) in [5.74, 6) is 0.818. The lowest BCUT2D eigenvalue weighted by atomic mass is 9.98. The van der Waals surface area contributed by atoms with Gasteiger partial charge in [0.1, 0.15) is 0 Å². The normalized spacial score (nSPS) is 13.0. The topological polar surface area (TPSA) is 12.0 Å². The highest BCUT2D eigenvalue weighted by Crippen LogP contribution is 2.15. The largest absolute Gasteiger partial charge is 0.317 e. The zero-order chi connectivity index (χ0) is 12.7. The van der Waals surface area contributed by atoms with E-state index in [1.165, 1.54) is 29.3 Å². The van der Waals surface area contributed by atoms with E-state index in [0.717, 1.165) is 12.3 Å². The molecule has 0 saturated carbocycles. The first-order chi connectivity index (χ1) is 8.11. The monoisotopic (exact) mass is 297 g/mol. The quantitative estimate of drug-likeness (QED) is 0.786. The summed E-state index contributed by atoms with van der Waals surface area (Å²) in [4.78, 5) is 0. The van der Waals surface area contributed by atoms with Crippen LogP contribution in [0.5, 0.6) is 0 Å². The minimum absolute atomic E-state index is 0.600. The predicted molar refractivity (Wildman–Crippen MR) is 79.4 cm³/mol. The highest BCUT2D eigenvalue weighted by Gasteiger charge is 2.07. The maximum atomic E-state index is 3.53. The smallest absolute Gasteiger partial charge is 0.0178 e. The molecular weight excluding hydrogens is 274 g/mol. The summed E-state index contributed by atoms with van der Waals surface area (Å²) in [6.45, 7) is 4.59. The molecule has 1 rings (SSSR count). The summed E-state index contributed by atoms with van der Waals surface area (Å²) in [6, 6.07) is 9.21. The SMILES string of the molecule is CNC(CCCC(C)C)Cc1cccc(Br)c1. The average molecular weight is 298 g/mol. The minimum Gasteiger partial charge on any atom is -0.317 e. The second-order valence-corrected chi connectivity index (χ2v) is 6.06. The summed E-state index contributed by atoms with van der Waals surface area (Å²) >= 11 is 3.53. The number of likely N-dealkylation sites (N-methyl/N-ethyl adjacent to an activating group) is 1. The lowest BCUT2D eigenvalue weighted by Gasteiger charge is -2.17. The van der Waals surface area contributed by atoms with Gasteiger partial charge in [-0.2, -0.15) is 0 Å². The molecule has 0 spiro atoms. The van der Waals surface area contributed by atoms with Crippen LogP contribution in [-0.4, -0.2) is 13.1 Å². The summed E-state index contributed by atoms with van der Waals surface area (Å²) in [5, 5.41) is 3.43. The molecule has 1 N–H and O–H groups in total. The Morgan fingerprint density at radius 3 is 2.59 bits per heavy atom. The van der Waals surface area contributed by atoms with Gasteiger partial charge in [0.15, 0.2) is 0 Å². The minimum atomic E-state index is 0.600. The van der Waals surface area contributed by atoms with E-state index in [4.69, 9.17) is 0 Å². The van der Waals surface area contributed by atoms with Gasteiger partial charge >= 0.3 is 0 Å². The molecule has 1 unspecified atom stereocenters. The highest BCUT2D eigenvalue weighted by atomic mass is 79.9. The summed E-state index contributed by atoms with van der Waals surface area (Å²) in [6.07, 6.45) is 5.03. The Labute approximate surface area is 114 Å². The van der Waals surface area contributed by atoms with Gasteiger partial charge in [-0.1, -0.05) is 54.8 Å². The van der Waals surface area contributed by atoms with Crippen molar-refractivity contribution in [3.63, 3.8) is 0 Å². The van der Waals surface area contributed by atoms with Crippen LogP contribution in [0.2, 0.25) is 0 Å². The molecule has 0 aliphatic rings. The van der Waals surface area contributed by atoms with E-state index in [9.17, 15) is 0 Å². The van der Waals surface area contributed by atoms with Crippen LogP contribution in [-0.2, 0) is 6.42 Å². The van der Waals surface area contributed by atoms with Crippen LogP contribution >= 0.6 is 15.9 Å². The molecule has 0 heterocycles. The molecular formula is C15H24BrN.